The number of halogens is 1. The van der Waals surface area contributed by atoms with E-state index in [0.29, 0.717) is 11.3 Å². The summed E-state index contributed by atoms with van der Waals surface area (Å²) < 4.78 is 6.35. The number of hydrogen-bond donors (Lipinski definition) is 0. The third-order valence-electron chi connectivity index (χ3n) is 2.88. The molecule has 0 saturated heterocycles. The minimum absolute atomic E-state index is 0.175. The van der Waals surface area contributed by atoms with Crippen LogP contribution in [0, 0.1) is 0 Å². The fraction of sp³-hybridized carbons (Fsp3) is 0.143. The Kier molecular flexibility index (Phi) is 3.53. The van der Waals surface area contributed by atoms with Crippen LogP contribution in [0.15, 0.2) is 36.8 Å². The number of ether oxygens (including phenoxy) is 1. The number of carbonyl (C=O) groups is 1. The first kappa shape index (κ1) is 13.5. The van der Waals surface area contributed by atoms with Crippen molar-refractivity contribution in [3.63, 3.8) is 0 Å². The highest BCUT2D eigenvalue weighted by atomic mass is 35.5. The van der Waals surface area contributed by atoms with Crippen LogP contribution in [0.1, 0.15) is 17.3 Å². The zero-order valence-electron chi connectivity index (χ0n) is 11.2. The van der Waals surface area contributed by atoms with Crippen molar-refractivity contribution in [1.29, 1.82) is 0 Å². The highest BCUT2D eigenvalue weighted by molar-refractivity contribution is 6.32. The summed E-state index contributed by atoms with van der Waals surface area (Å²) in [7, 11) is 0. The van der Waals surface area contributed by atoms with Crippen molar-refractivity contribution in [2.24, 2.45) is 0 Å². The van der Waals surface area contributed by atoms with Crippen molar-refractivity contribution in [3.05, 3.63) is 47.5 Å². The monoisotopic (exact) mass is 302 g/mol. The van der Waals surface area contributed by atoms with Crippen molar-refractivity contribution in [2.45, 2.75) is 6.92 Å². The predicted molar refractivity (Wildman–Crippen MR) is 77.2 cm³/mol. The second kappa shape index (κ2) is 5.49. The second-order valence-electron chi connectivity index (χ2n) is 4.22. The maximum absolute atomic E-state index is 11.8. The lowest BCUT2D eigenvalue weighted by molar-refractivity contribution is 0.0525. The summed E-state index contributed by atoms with van der Waals surface area (Å²) in [5, 5.41) is 4.53. The summed E-state index contributed by atoms with van der Waals surface area (Å²) in [6.07, 6.45) is 4.77. The predicted octanol–water partition coefficient (Wildman–Crippen LogP) is 2.62. The Hall–Kier alpha value is -2.47. The number of pyridine rings is 1. The van der Waals surface area contributed by atoms with E-state index in [1.54, 1.807) is 25.4 Å². The highest BCUT2D eigenvalue weighted by Gasteiger charge is 2.17. The van der Waals surface area contributed by atoms with E-state index < -0.39 is 5.97 Å². The van der Waals surface area contributed by atoms with Crippen LogP contribution in [0.4, 0.5) is 0 Å². The van der Waals surface area contributed by atoms with E-state index in [0.717, 1.165) is 5.56 Å². The van der Waals surface area contributed by atoms with Gasteiger partial charge in [-0.1, -0.05) is 11.6 Å². The SMILES string of the molecule is CCOC(=O)c1cnc2cc(-c3cccnc3)nn2c1Cl. The number of esters is 1. The fourth-order valence-corrected chi connectivity index (χ4v) is 2.16. The van der Waals surface area contributed by atoms with Crippen molar-refractivity contribution >= 4 is 23.2 Å². The number of nitrogens with zero attached hydrogens (tertiary/aromatic N) is 4. The van der Waals surface area contributed by atoms with Crippen molar-refractivity contribution in [2.75, 3.05) is 6.61 Å². The van der Waals surface area contributed by atoms with Crippen LogP contribution in [0.25, 0.3) is 16.9 Å². The maximum atomic E-state index is 11.8. The molecule has 3 aromatic rings. The fourth-order valence-electron chi connectivity index (χ4n) is 1.91. The van der Waals surface area contributed by atoms with Gasteiger partial charge in [-0.05, 0) is 19.1 Å². The molecule has 0 saturated carbocycles. The molecule has 106 valence electrons. The molecule has 3 rings (SSSR count). The van der Waals surface area contributed by atoms with Gasteiger partial charge < -0.3 is 4.74 Å². The van der Waals surface area contributed by atoms with Gasteiger partial charge in [0.15, 0.2) is 5.65 Å². The Morgan fingerprint density at radius 3 is 3.00 bits per heavy atom. The summed E-state index contributed by atoms with van der Waals surface area (Å²) in [6.45, 7) is 2.00. The number of hydrogen-bond acceptors (Lipinski definition) is 5. The smallest absolute Gasteiger partial charge is 0.342 e. The minimum atomic E-state index is -0.518. The molecule has 0 N–H and O–H groups in total. The van der Waals surface area contributed by atoms with E-state index in [2.05, 4.69) is 15.1 Å². The Labute approximate surface area is 125 Å². The molecule has 0 atom stereocenters. The second-order valence-corrected chi connectivity index (χ2v) is 4.58. The molecule has 3 heterocycles. The Morgan fingerprint density at radius 2 is 2.29 bits per heavy atom. The summed E-state index contributed by atoms with van der Waals surface area (Å²) in [5.41, 5.74) is 2.26. The van der Waals surface area contributed by atoms with Gasteiger partial charge in [0.1, 0.15) is 10.7 Å². The Bertz CT molecular complexity index is 801. The molecule has 0 aliphatic heterocycles. The quantitative estimate of drug-likeness (QED) is 0.549. The van der Waals surface area contributed by atoms with Crippen LogP contribution in [-0.4, -0.2) is 32.2 Å². The molecule has 0 unspecified atom stereocenters. The van der Waals surface area contributed by atoms with Crippen molar-refractivity contribution in [3.8, 4) is 11.3 Å². The third kappa shape index (κ3) is 2.45. The number of rotatable bonds is 3. The maximum Gasteiger partial charge on any atom is 0.342 e. The molecule has 0 aliphatic rings. The molecule has 0 bridgehead atoms. The number of carbonyl (C=O) groups excluding carboxylic acids is 1. The molecular weight excluding hydrogens is 292 g/mol. The number of fused-ring (bicyclic) bond motifs is 1. The van der Waals surface area contributed by atoms with E-state index in [1.807, 2.05) is 12.1 Å². The van der Waals surface area contributed by atoms with Crippen LogP contribution in [0.2, 0.25) is 5.15 Å². The van der Waals surface area contributed by atoms with Crippen molar-refractivity contribution in [1.82, 2.24) is 19.6 Å². The zero-order chi connectivity index (χ0) is 14.8. The molecule has 21 heavy (non-hydrogen) atoms. The summed E-state index contributed by atoms with van der Waals surface area (Å²) in [4.78, 5) is 20.0. The first-order chi connectivity index (χ1) is 10.2. The lowest BCUT2D eigenvalue weighted by atomic mass is 10.2. The molecule has 0 aromatic carbocycles. The van der Waals surface area contributed by atoms with Crippen molar-refractivity contribution < 1.29 is 9.53 Å². The normalized spacial score (nSPS) is 10.8. The molecule has 0 fully saturated rings. The van der Waals surface area contributed by atoms with Gasteiger partial charge >= 0.3 is 5.97 Å². The van der Waals surface area contributed by atoms with Gasteiger partial charge in [0, 0.05) is 30.2 Å². The minimum Gasteiger partial charge on any atom is -0.462 e. The van der Waals surface area contributed by atoms with Crippen LogP contribution < -0.4 is 0 Å². The van der Waals surface area contributed by atoms with Gasteiger partial charge in [0.25, 0.3) is 0 Å². The molecule has 7 heteroatoms. The largest absolute Gasteiger partial charge is 0.462 e. The molecule has 0 amide bonds. The molecule has 0 aliphatic carbocycles. The van der Waals surface area contributed by atoms with E-state index in [-0.39, 0.29) is 17.3 Å². The summed E-state index contributed by atoms with van der Waals surface area (Å²) >= 11 is 6.22. The van der Waals surface area contributed by atoms with Gasteiger partial charge in [-0.2, -0.15) is 5.10 Å². The average Bonchev–Trinajstić information content (AvgIpc) is 2.94. The lowest BCUT2D eigenvalue weighted by Crippen LogP contribution is -2.08. The molecule has 6 nitrogen and oxygen atoms in total. The first-order valence-corrected chi connectivity index (χ1v) is 6.70. The van der Waals surface area contributed by atoms with Crippen LogP contribution in [0.3, 0.4) is 0 Å². The summed E-state index contributed by atoms with van der Waals surface area (Å²) in [6, 6.07) is 5.48. The number of aromatic nitrogens is 4. The average molecular weight is 303 g/mol. The van der Waals surface area contributed by atoms with Crippen LogP contribution >= 0.6 is 11.6 Å². The van der Waals surface area contributed by atoms with Gasteiger partial charge in [0.05, 0.1) is 12.3 Å². The topological polar surface area (TPSA) is 69.4 Å². The van der Waals surface area contributed by atoms with Gasteiger partial charge in [-0.15, -0.1) is 0 Å². The van der Waals surface area contributed by atoms with E-state index in [4.69, 9.17) is 16.3 Å². The Balaban J connectivity index is 2.10. The summed E-state index contributed by atoms with van der Waals surface area (Å²) in [5.74, 6) is -0.518. The van der Waals surface area contributed by atoms with Crippen LogP contribution in [0.5, 0.6) is 0 Å². The lowest BCUT2D eigenvalue weighted by Gasteiger charge is -2.04. The standard InChI is InChI=1S/C14H11ClN4O2/c1-2-21-14(20)10-8-17-12-6-11(18-19(12)13(10)15)9-4-3-5-16-7-9/h3-8H,2H2,1H3. The molecule has 0 radical (unpaired) electrons. The Morgan fingerprint density at radius 1 is 1.43 bits per heavy atom. The highest BCUT2D eigenvalue weighted by Crippen LogP contribution is 2.22. The molecular formula is C14H11ClN4O2. The van der Waals surface area contributed by atoms with Gasteiger partial charge in [0.2, 0.25) is 0 Å². The van der Waals surface area contributed by atoms with Crippen LogP contribution in [-0.2, 0) is 4.74 Å². The van der Waals surface area contributed by atoms with E-state index in [9.17, 15) is 4.79 Å². The zero-order valence-corrected chi connectivity index (χ0v) is 11.9. The van der Waals surface area contributed by atoms with E-state index in [1.165, 1.54) is 10.7 Å². The van der Waals surface area contributed by atoms with Gasteiger partial charge in [-0.3, -0.25) is 4.98 Å². The molecule has 0 spiro atoms. The first-order valence-electron chi connectivity index (χ1n) is 6.32. The third-order valence-corrected chi connectivity index (χ3v) is 3.24. The van der Waals surface area contributed by atoms with Gasteiger partial charge in [-0.25, -0.2) is 14.3 Å². The van der Waals surface area contributed by atoms with E-state index >= 15 is 0 Å². The molecule has 3 aromatic heterocycles.